The Morgan fingerprint density at radius 1 is 1.69 bits per heavy atom. The van der Waals surface area contributed by atoms with E-state index in [1.165, 1.54) is 11.8 Å². The highest BCUT2D eigenvalue weighted by molar-refractivity contribution is 7.98. The minimum atomic E-state index is -0.0133. The average molecular weight is 217 g/mol. The van der Waals surface area contributed by atoms with E-state index < -0.39 is 0 Å². The quantitative estimate of drug-likeness (QED) is 0.476. The lowest BCUT2D eigenvalue weighted by molar-refractivity contribution is 0.343. The third-order valence-corrected chi connectivity index (χ3v) is 2.20. The third-order valence-electron chi connectivity index (χ3n) is 1.33. The number of nitrogens with zero attached hydrogens (tertiary/aromatic N) is 2. The minimum absolute atomic E-state index is 0.0133. The number of aromatic nitrogens is 2. The van der Waals surface area contributed by atoms with E-state index in [0.717, 1.165) is 0 Å². The summed E-state index contributed by atoms with van der Waals surface area (Å²) in [7, 11) is 0. The van der Waals surface area contributed by atoms with Crippen LogP contribution in [0.25, 0.3) is 6.08 Å². The molecule has 0 saturated heterocycles. The first kappa shape index (κ1) is 10.5. The molecule has 0 spiro atoms. The van der Waals surface area contributed by atoms with Gasteiger partial charge >= 0.3 is 0 Å². The van der Waals surface area contributed by atoms with E-state index in [9.17, 15) is 0 Å². The number of aliphatic hydroxyl groups excluding tert-OH is 1. The van der Waals surface area contributed by atoms with Gasteiger partial charge in [0.25, 0.3) is 0 Å². The molecule has 0 saturated carbocycles. The van der Waals surface area contributed by atoms with Crippen molar-refractivity contribution in [1.29, 1.82) is 0 Å². The van der Waals surface area contributed by atoms with Gasteiger partial charge in [-0.25, -0.2) is 9.97 Å². The maximum atomic E-state index is 8.54. The fourth-order valence-electron chi connectivity index (χ4n) is 0.745. The molecule has 1 rings (SSSR count). The van der Waals surface area contributed by atoms with Gasteiger partial charge in [0.2, 0.25) is 0 Å². The predicted octanol–water partition coefficient (Wildman–Crippen LogP) is 1.86. The van der Waals surface area contributed by atoms with Gasteiger partial charge in [0.1, 0.15) is 5.15 Å². The van der Waals surface area contributed by atoms with Gasteiger partial charge in [-0.1, -0.05) is 35.5 Å². The molecule has 0 unspecified atom stereocenters. The highest BCUT2D eigenvalue weighted by Gasteiger charge is 2.00. The normalized spacial score (nSPS) is 11.0. The molecule has 70 valence electrons. The van der Waals surface area contributed by atoms with Crippen LogP contribution in [-0.2, 0) is 0 Å². The van der Waals surface area contributed by atoms with Crippen molar-refractivity contribution in [1.82, 2.24) is 9.97 Å². The molecule has 0 bridgehead atoms. The number of rotatable bonds is 3. The standard InChI is InChI=1S/C8H9ClN2OS/c1-13-8-10-5-6(3-2-4-12)7(9)11-8/h2-3,5,12H,4H2,1H3. The molecular formula is C8H9ClN2OS. The molecule has 5 heteroatoms. The Kier molecular flexibility index (Phi) is 4.21. The molecule has 13 heavy (non-hydrogen) atoms. The lowest BCUT2D eigenvalue weighted by Crippen LogP contribution is -1.88. The second-order valence-electron chi connectivity index (χ2n) is 2.19. The van der Waals surface area contributed by atoms with E-state index in [0.29, 0.717) is 15.9 Å². The molecule has 1 heterocycles. The van der Waals surface area contributed by atoms with Crippen molar-refractivity contribution >= 4 is 29.4 Å². The van der Waals surface area contributed by atoms with Crippen LogP contribution in [0, 0.1) is 0 Å². The Morgan fingerprint density at radius 2 is 2.46 bits per heavy atom. The van der Waals surface area contributed by atoms with Crippen LogP contribution in [-0.4, -0.2) is 27.9 Å². The third kappa shape index (κ3) is 2.99. The average Bonchev–Trinajstić information content (AvgIpc) is 2.16. The van der Waals surface area contributed by atoms with Gasteiger partial charge in [-0.05, 0) is 6.26 Å². The molecule has 0 aliphatic heterocycles. The van der Waals surface area contributed by atoms with Gasteiger partial charge in [-0.3, -0.25) is 0 Å². The monoisotopic (exact) mass is 216 g/mol. The van der Waals surface area contributed by atoms with Crippen molar-refractivity contribution in [2.24, 2.45) is 0 Å². The van der Waals surface area contributed by atoms with E-state index in [1.807, 2.05) is 6.26 Å². The molecule has 0 aliphatic carbocycles. The topological polar surface area (TPSA) is 46.0 Å². The number of hydrogen-bond donors (Lipinski definition) is 1. The van der Waals surface area contributed by atoms with Gasteiger partial charge in [-0.15, -0.1) is 0 Å². The lowest BCUT2D eigenvalue weighted by atomic mass is 10.3. The zero-order chi connectivity index (χ0) is 9.68. The van der Waals surface area contributed by atoms with Crippen LogP contribution in [0.5, 0.6) is 0 Å². The Bertz CT molecular complexity index is 317. The van der Waals surface area contributed by atoms with Crippen LogP contribution >= 0.6 is 23.4 Å². The first-order chi connectivity index (χ1) is 6.27. The number of aliphatic hydroxyl groups is 1. The van der Waals surface area contributed by atoms with Gasteiger partial charge in [0.05, 0.1) is 6.61 Å². The maximum absolute atomic E-state index is 8.54. The Balaban J connectivity index is 2.91. The Hall–Kier alpha value is -0.580. The number of thioether (sulfide) groups is 1. The van der Waals surface area contributed by atoms with E-state index in [1.54, 1.807) is 18.3 Å². The molecule has 0 aliphatic rings. The fraction of sp³-hybridized carbons (Fsp3) is 0.250. The van der Waals surface area contributed by atoms with Crippen LogP contribution in [0.4, 0.5) is 0 Å². The molecule has 0 radical (unpaired) electrons. The van der Waals surface area contributed by atoms with Crippen LogP contribution < -0.4 is 0 Å². The summed E-state index contributed by atoms with van der Waals surface area (Å²) in [5, 5.41) is 9.60. The predicted molar refractivity (Wildman–Crippen MR) is 54.9 cm³/mol. The van der Waals surface area contributed by atoms with Crippen molar-refractivity contribution in [3.63, 3.8) is 0 Å². The van der Waals surface area contributed by atoms with Crippen LogP contribution in [0.3, 0.4) is 0 Å². The summed E-state index contributed by atoms with van der Waals surface area (Å²) < 4.78 is 0. The highest BCUT2D eigenvalue weighted by Crippen LogP contribution is 2.17. The smallest absolute Gasteiger partial charge is 0.188 e. The number of halogens is 1. The molecule has 0 aromatic carbocycles. The van der Waals surface area contributed by atoms with E-state index in [2.05, 4.69) is 9.97 Å². The van der Waals surface area contributed by atoms with Gasteiger partial charge < -0.3 is 5.11 Å². The summed E-state index contributed by atoms with van der Waals surface area (Å²) in [6, 6.07) is 0. The van der Waals surface area contributed by atoms with Crippen molar-refractivity contribution in [2.75, 3.05) is 12.9 Å². The Labute approximate surface area is 85.9 Å². The zero-order valence-electron chi connectivity index (χ0n) is 7.07. The molecule has 1 aromatic rings. The van der Waals surface area contributed by atoms with Crippen molar-refractivity contribution < 1.29 is 5.11 Å². The summed E-state index contributed by atoms with van der Waals surface area (Å²) in [4.78, 5) is 8.07. The highest BCUT2D eigenvalue weighted by atomic mass is 35.5. The molecule has 3 nitrogen and oxygen atoms in total. The van der Waals surface area contributed by atoms with Crippen molar-refractivity contribution in [3.05, 3.63) is 23.0 Å². The largest absolute Gasteiger partial charge is 0.392 e. The maximum Gasteiger partial charge on any atom is 0.188 e. The summed E-state index contributed by atoms with van der Waals surface area (Å²) in [5.74, 6) is 0. The van der Waals surface area contributed by atoms with Crippen LogP contribution in [0.15, 0.2) is 17.4 Å². The van der Waals surface area contributed by atoms with E-state index in [-0.39, 0.29) is 6.61 Å². The summed E-state index contributed by atoms with van der Waals surface area (Å²) >= 11 is 7.28. The SMILES string of the molecule is CSc1ncc(C=CCO)c(Cl)n1. The van der Waals surface area contributed by atoms with Crippen LogP contribution in [0.2, 0.25) is 5.15 Å². The van der Waals surface area contributed by atoms with E-state index in [4.69, 9.17) is 16.7 Å². The summed E-state index contributed by atoms with van der Waals surface area (Å²) in [6.07, 6.45) is 6.79. The van der Waals surface area contributed by atoms with Crippen molar-refractivity contribution in [2.45, 2.75) is 5.16 Å². The minimum Gasteiger partial charge on any atom is -0.392 e. The molecule has 0 fully saturated rings. The second kappa shape index (κ2) is 5.21. The van der Waals surface area contributed by atoms with Crippen molar-refractivity contribution in [3.8, 4) is 0 Å². The van der Waals surface area contributed by atoms with Gasteiger partial charge in [0.15, 0.2) is 5.16 Å². The van der Waals surface area contributed by atoms with Gasteiger partial charge in [0, 0.05) is 11.8 Å². The molecule has 1 N–H and O–H groups in total. The molecule has 0 amide bonds. The zero-order valence-corrected chi connectivity index (χ0v) is 8.64. The molecular weight excluding hydrogens is 208 g/mol. The molecule has 0 atom stereocenters. The van der Waals surface area contributed by atoms with E-state index >= 15 is 0 Å². The lowest BCUT2D eigenvalue weighted by Gasteiger charge is -1.98. The van der Waals surface area contributed by atoms with Gasteiger partial charge in [-0.2, -0.15) is 0 Å². The second-order valence-corrected chi connectivity index (χ2v) is 3.32. The van der Waals surface area contributed by atoms with Crippen LogP contribution in [0.1, 0.15) is 5.56 Å². The fourth-order valence-corrected chi connectivity index (χ4v) is 1.33. The first-order valence-corrected chi connectivity index (χ1v) is 5.22. The molecule has 1 aromatic heterocycles. The first-order valence-electron chi connectivity index (χ1n) is 3.62. The number of hydrogen-bond acceptors (Lipinski definition) is 4. The summed E-state index contributed by atoms with van der Waals surface area (Å²) in [5.41, 5.74) is 0.716. The summed E-state index contributed by atoms with van der Waals surface area (Å²) in [6.45, 7) is -0.0133. The Morgan fingerprint density at radius 3 is 3.00 bits per heavy atom.